The largest absolute Gasteiger partial charge is 0.327 e. The Hall–Kier alpha value is -1.16. The molecule has 1 aromatic carbocycles. The fourth-order valence-corrected chi connectivity index (χ4v) is 3.49. The second-order valence-electron chi connectivity index (χ2n) is 8.15. The predicted molar refractivity (Wildman–Crippen MR) is 129 cm³/mol. The van der Waals surface area contributed by atoms with E-state index in [0.717, 1.165) is 32.1 Å². The molecule has 3 nitrogen and oxygen atoms in total. The van der Waals surface area contributed by atoms with Crippen LogP contribution in [0.4, 0.5) is 0 Å². The predicted octanol–water partition coefficient (Wildman–Crippen LogP) is 7.93. The van der Waals surface area contributed by atoms with Gasteiger partial charge in [0, 0.05) is 6.42 Å². The highest BCUT2D eigenvalue weighted by molar-refractivity contribution is 5.47. The van der Waals surface area contributed by atoms with E-state index in [1.807, 2.05) is 6.08 Å². The van der Waals surface area contributed by atoms with Crippen LogP contribution in [0.25, 0.3) is 6.08 Å². The molecule has 0 bridgehead atoms. The van der Waals surface area contributed by atoms with E-state index in [9.17, 15) is 0 Å². The van der Waals surface area contributed by atoms with Crippen LogP contribution in [0.15, 0.2) is 30.8 Å². The van der Waals surface area contributed by atoms with Crippen LogP contribution >= 0.6 is 0 Å². The summed E-state index contributed by atoms with van der Waals surface area (Å²) in [5.41, 5.74) is 2.63. The zero-order chi connectivity index (χ0) is 21.9. The van der Waals surface area contributed by atoms with Gasteiger partial charge in [0.25, 0.3) is 5.97 Å². The molecule has 0 unspecified atom stereocenters. The standard InChI is InChI=1S/C27H46O3/c1-5-22-28-27(29-23-6-2,30-24-7-3)21-15-13-11-9-10-12-14-16-26-19-17-25(8-4)18-20-26/h8,17-20H,4-7,9-16,21-24H2,1-3H3. The molecule has 0 radical (unpaired) electrons. The van der Waals surface area contributed by atoms with Gasteiger partial charge < -0.3 is 14.2 Å². The Balaban J connectivity index is 2.20. The maximum absolute atomic E-state index is 6.05. The highest BCUT2D eigenvalue weighted by Crippen LogP contribution is 2.25. The van der Waals surface area contributed by atoms with E-state index >= 15 is 0 Å². The summed E-state index contributed by atoms with van der Waals surface area (Å²) < 4.78 is 18.1. The molecule has 0 amide bonds. The van der Waals surface area contributed by atoms with Crippen LogP contribution in [0.1, 0.15) is 103 Å². The highest BCUT2D eigenvalue weighted by atomic mass is 16.9. The van der Waals surface area contributed by atoms with Crippen molar-refractivity contribution in [2.45, 2.75) is 104 Å². The van der Waals surface area contributed by atoms with E-state index in [0.29, 0.717) is 19.8 Å². The van der Waals surface area contributed by atoms with Gasteiger partial charge in [-0.05, 0) is 49.7 Å². The van der Waals surface area contributed by atoms with Gasteiger partial charge in [0.15, 0.2) is 0 Å². The van der Waals surface area contributed by atoms with E-state index in [1.165, 1.54) is 56.1 Å². The van der Waals surface area contributed by atoms with E-state index in [1.54, 1.807) is 0 Å². The third-order valence-electron chi connectivity index (χ3n) is 5.24. The number of benzene rings is 1. The second kappa shape index (κ2) is 17.5. The summed E-state index contributed by atoms with van der Waals surface area (Å²) in [6.45, 7) is 12.2. The first-order chi connectivity index (χ1) is 14.7. The lowest BCUT2D eigenvalue weighted by molar-refractivity contribution is -0.383. The van der Waals surface area contributed by atoms with E-state index in [4.69, 9.17) is 14.2 Å². The van der Waals surface area contributed by atoms with Gasteiger partial charge in [-0.25, -0.2) is 0 Å². The number of hydrogen-bond donors (Lipinski definition) is 0. The summed E-state index contributed by atoms with van der Waals surface area (Å²) >= 11 is 0. The van der Waals surface area contributed by atoms with Crippen molar-refractivity contribution in [3.63, 3.8) is 0 Å². The van der Waals surface area contributed by atoms with E-state index < -0.39 is 5.97 Å². The molecule has 3 heteroatoms. The maximum atomic E-state index is 6.05. The average Bonchev–Trinajstić information content (AvgIpc) is 2.79. The zero-order valence-electron chi connectivity index (χ0n) is 19.9. The smallest absolute Gasteiger partial charge is 0.282 e. The summed E-state index contributed by atoms with van der Waals surface area (Å²) in [6.07, 6.45) is 15.6. The summed E-state index contributed by atoms with van der Waals surface area (Å²) in [5.74, 6) is -0.830. The van der Waals surface area contributed by atoms with Gasteiger partial charge in [-0.15, -0.1) is 0 Å². The summed E-state index contributed by atoms with van der Waals surface area (Å²) in [6, 6.07) is 8.76. The van der Waals surface area contributed by atoms with Crippen LogP contribution in [0.5, 0.6) is 0 Å². The van der Waals surface area contributed by atoms with Gasteiger partial charge in [0.05, 0.1) is 19.8 Å². The van der Waals surface area contributed by atoms with Gasteiger partial charge >= 0.3 is 0 Å². The monoisotopic (exact) mass is 418 g/mol. The molecule has 0 aliphatic rings. The summed E-state index contributed by atoms with van der Waals surface area (Å²) in [4.78, 5) is 0. The van der Waals surface area contributed by atoms with Crippen molar-refractivity contribution in [3.05, 3.63) is 42.0 Å². The van der Waals surface area contributed by atoms with Crippen molar-refractivity contribution in [3.8, 4) is 0 Å². The molecule has 0 atom stereocenters. The van der Waals surface area contributed by atoms with Gasteiger partial charge in [0.1, 0.15) is 0 Å². The van der Waals surface area contributed by atoms with Crippen LogP contribution in [-0.4, -0.2) is 25.8 Å². The quantitative estimate of drug-likeness (QED) is 0.159. The Kier molecular flexibility index (Phi) is 15.7. The van der Waals surface area contributed by atoms with Gasteiger partial charge in [-0.1, -0.05) is 89.8 Å². The number of hydrogen-bond acceptors (Lipinski definition) is 3. The molecule has 0 aliphatic carbocycles. The summed E-state index contributed by atoms with van der Waals surface area (Å²) in [7, 11) is 0. The molecule has 0 saturated carbocycles. The zero-order valence-corrected chi connectivity index (χ0v) is 19.9. The molecule has 1 aromatic rings. The number of unbranched alkanes of at least 4 members (excludes halogenated alkanes) is 6. The van der Waals surface area contributed by atoms with Crippen molar-refractivity contribution >= 4 is 6.08 Å². The van der Waals surface area contributed by atoms with E-state index in [2.05, 4.69) is 51.6 Å². The average molecular weight is 419 g/mol. The fourth-order valence-electron chi connectivity index (χ4n) is 3.49. The topological polar surface area (TPSA) is 27.7 Å². The first-order valence-electron chi connectivity index (χ1n) is 12.3. The number of aryl methyl sites for hydroxylation is 1. The van der Waals surface area contributed by atoms with E-state index in [-0.39, 0.29) is 0 Å². The summed E-state index contributed by atoms with van der Waals surface area (Å²) in [5, 5.41) is 0. The molecular weight excluding hydrogens is 372 g/mol. The molecule has 0 fully saturated rings. The Morgan fingerprint density at radius 2 is 1.17 bits per heavy atom. The molecule has 0 N–H and O–H groups in total. The molecule has 0 spiro atoms. The van der Waals surface area contributed by atoms with Crippen molar-refractivity contribution in [2.24, 2.45) is 0 Å². The maximum Gasteiger partial charge on any atom is 0.282 e. The number of ether oxygens (including phenoxy) is 3. The molecule has 0 heterocycles. The van der Waals surface area contributed by atoms with Crippen molar-refractivity contribution in [2.75, 3.05) is 19.8 Å². The lowest BCUT2D eigenvalue weighted by atomic mass is 10.0. The van der Waals surface area contributed by atoms with Crippen molar-refractivity contribution in [1.82, 2.24) is 0 Å². The van der Waals surface area contributed by atoms with Gasteiger partial charge in [0.2, 0.25) is 0 Å². The molecule has 0 aromatic heterocycles. The van der Waals surface area contributed by atoms with Crippen LogP contribution in [0, 0.1) is 0 Å². The third kappa shape index (κ3) is 11.9. The van der Waals surface area contributed by atoms with Crippen LogP contribution in [0.2, 0.25) is 0 Å². The lowest BCUT2D eigenvalue weighted by Crippen LogP contribution is -2.40. The second-order valence-corrected chi connectivity index (χ2v) is 8.15. The third-order valence-corrected chi connectivity index (χ3v) is 5.24. The molecule has 1 rings (SSSR count). The Labute approximate surface area is 186 Å². The highest BCUT2D eigenvalue weighted by Gasteiger charge is 2.32. The minimum absolute atomic E-state index is 0.684. The first-order valence-corrected chi connectivity index (χ1v) is 12.3. The minimum Gasteiger partial charge on any atom is -0.327 e. The molecule has 0 saturated heterocycles. The Bertz CT molecular complexity index is 502. The van der Waals surface area contributed by atoms with Crippen LogP contribution in [-0.2, 0) is 20.6 Å². The fraction of sp³-hybridized carbons (Fsp3) is 0.704. The van der Waals surface area contributed by atoms with Gasteiger partial charge in [-0.3, -0.25) is 0 Å². The Morgan fingerprint density at radius 1 is 0.700 bits per heavy atom. The normalized spacial score (nSPS) is 11.7. The van der Waals surface area contributed by atoms with Crippen molar-refractivity contribution < 1.29 is 14.2 Å². The van der Waals surface area contributed by atoms with Gasteiger partial charge in [-0.2, -0.15) is 0 Å². The Morgan fingerprint density at radius 3 is 1.63 bits per heavy atom. The van der Waals surface area contributed by atoms with Crippen molar-refractivity contribution in [1.29, 1.82) is 0 Å². The molecule has 0 aliphatic heterocycles. The minimum atomic E-state index is -0.830. The molecular formula is C27H46O3. The SMILES string of the molecule is C=Cc1ccc(CCCCCCCCCC(OCCC)(OCCC)OCCC)cc1. The molecule has 30 heavy (non-hydrogen) atoms. The lowest BCUT2D eigenvalue weighted by Gasteiger charge is -2.33. The molecule has 172 valence electrons. The van der Waals surface area contributed by atoms with Crippen LogP contribution < -0.4 is 0 Å². The van der Waals surface area contributed by atoms with Crippen LogP contribution in [0.3, 0.4) is 0 Å². The first kappa shape index (κ1) is 26.9. The number of rotatable bonds is 20.